The molecule has 1 heterocycles. The van der Waals surface area contributed by atoms with Crippen molar-refractivity contribution < 1.29 is 14.3 Å². The largest absolute Gasteiger partial charge is 0.493 e. The van der Waals surface area contributed by atoms with Gasteiger partial charge in [0.05, 0.1) is 24.5 Å². The normalized spacial score (nSPS) is 28.9. The fourth-order valence-electron chi connectivity index (χ4n) is 3.32. The first-order valence-corrected chi connectivity index (χ1v) is 9.51. The van der Waals surface area contributed by atoms with Crippen molar-refractivity contribution in [2.24, 2.45) is 17.3 Å². The van der Waals surface area contributed by atoms with Crippen LogP contribution in [-0.4, -0.2) is 35.2 Å². The molecule has 0 aromatic carbocycles. The molecule has 0 N–H and O–H groups in total. The van der Waals surface area contributed by atoms with Crippen LogP contribution in [0.2, 0.25) is 0 Å². The van der Waals surface area contributed by atoms with Gasteiger partial charge in [-0.3, -0.25) is 4.79 Å². The summed E-state index contributed by atoms with van der Waals surface area (Å²) in [6, 6.07) is 1.69. The predicted molar refractivity (Wildman–Crippen MR) is 101 cm³/mol. The van der Waals surface area contributed by atoms with Crippen molar-refractivity contribution in [1.82, 2.24) is 4.98 Å². The van der Waals surface area contributed by atoms with E-state index in [2.05, 4.69) is 25.8 Å². The Balaban J connectivity index is 2.20. The summed E-state index contributed by atoms with van der Waals surface area (Å²) in [5.74, 6) is 1.21. The average Bonchev–Trinajstić information content (AvgIpc) is 2.65. The number of alkyl halides is 2. The number of rotatable bonds is 5. The van der Waals surface area contributed by atoms with Gasteiger partial charge in [0.15, 0.2) is 23.0 Å². The lowest BCUT2D eigenvalue weighted by molar-refractivity contribution is 0.1000. The monoisotopic (exact) mass is 387 g/mol. The number of hydrogen-bond acceptors (Lipinski definition) is 4. The molecule has 0 bridgehead atoms. The number of aromatic nitrogens is 1. The summed E-state index contributed by atoms with van der Waals surface area (Å²) in [5, 5.41) is -0.217. The van der Waals surface area contributed by atoms with Gasteiger partial charge in [-0.25, -0.2) is 4.98 Å². The van der Waals surface area contributed by atoms with E-state index in [0.717, 1.165) is 12.8 Å². The van der Waals surface area contributed by atoms with Crippen molar-refractivity contribution in [1.29, 1.82) is 0 Å². The summed E-state index contributed by atoms with van der Waals surface area (Å²) >= 11 is 13.3. The maximum atomic E-state index is 11.8. The first-order valence-electron chi connectivity index (χ1n) is 8.64. The van der Waals surface area contributed by atoms with Crippen molar-refractivity contribution in [3.8, 4) is 11.5 Å². The highest BCUT2D eigenvalue weighted by atomic mass is 35.5. The molecule has 4 atom stereocenters. The van der Waals surface area contributed by atoms with Gasteiger partial charge in [0.1, 0.15) is 0 Å². The lowest BCUT2D eigenvalue weighted by Crippen LogP contribution is -2.35. The third-order valence-corrected chi connectivity index (χ3v) is 6.94. The van der Waals surface area contributed by atoms with Crippen LogP contribution in [-0.2, 0) is 0 Å². The molecule has 2 rings (SSSR count). The Morgan fingerprint density at radius 3 is 2.68 bits per heavy atom. The highest BCUT2D eigenvalue weighted by Crippen LogP contribution is 2.45. The van der Waals surface area contributed by atoms with E-state index < -0.39 is 0 Å². The minimum atomic E-state index is -0.153. The van der Waals surface area contributed by atoms with Crippen LogP contribution in [0.3, 0.4) is 0 Å². The highest BCUT2D eigenvalue weighted by Gasteiger charge is 2.42. The molecular formula is C19H27Cl2NO3. The summed E-state index contributed by atoms with van der Waals surface area (Å²) < 4.78 is 11.4. The van der Waals surface area contributed by atoms with Crippen LogP contribution >= 0.6 is 23.2 Å². The van der Waals surface area contributed by atoms with Crippen LogP contribution in [0.1, 0.15) is 51.0 Å². The Bertz CT molecular complexity index is 621. The summed E-state index contributed by atoms with van der Waals surface area (Å²) in [6.45, 7) is 8.36. The van der Waals surface area contributed by atoms with Crippen molar-refractivity contribution in [3.05, 3.63) is 18.0 Å². The molecule has 6 heteroatoms. The number of Topliss-reactive ketones (excluding diaryl/α,β-unsaturated/α-hetero) is 1. The van der Waals surface area contributed by atoms with E-state index in [0.29, 0.717) is 23.8 Å². The number of ether oxygens (including phenoxy) is 2. The number of ketones is 1. The van der Waals surface area contributed by atoms with Gasteiger partial charge in [0.25, 0.3) is 0 Å². The van der Waals surface area contributed by atoms with Gasteiger partial charge in [-0.2, -0.15) is 0 Å². The van der Waals surface area contributed by atoms with Gasteiger partial charge in [-0.05, 0) is 30.1 Å². The molecule has 1 saturated carbocycles. The van der Waals surface area contributed by atoms with Crippen LogP contribution in [0.4, 0.5) is 0 Å². The number of halogens is 2. The van der Waals surface area contributed by atoms with Crippen molar-refractivity contribution >= 4 is 29.0 Å². The Kier molecular flexibility index (Phi) is 6.61. The van der Waals surface area contributed by atoms with E-state index >= 15 is 0 Å². The SMILES string of the molecule is COc1ccnc(C(C)=O)c1OC[C@H]1CCC(C)(C)C(Cl)C(Cl)C1C. The van der Waals surface area contributed by atoms with Crippen LogP contribution in [0, 0.1) is 17.3 Å². The molecular weight excluding hydrogens is 361 g/mol. The smallest absolute Gasteiger partial charge is 0.190 e. The molecule has 0 amide bonds. The molecule has 0 radical (unpaired) electrons. The second kappa shape index (κ2) is 8.13. The van der Waals surface area contributed by atoms with Gasteiger partial charge in [-0.1, -0.05) is 20.8 Å². The number of carbonyl (C=O) groups excluding carboxylic acids is 1. The minimum absolute atomic E-state index is 0.0203. The van der Waals surface area contributed by atoms with Gasteiger partial charge < -0.3 is 9.47 Å². The Morgan fingerprint density at radius 1 is 1.40 bits per heavy atom. The number of methoxy groups -OCH3 is 1. The van der Waals surface area contributed by atoms with Gasteiger partial charge in [-0.15, -0.1) is 23.2 Å². The number of hydrogen-bond donors (Lipinski definition) is 0. The third kappa shape index (κ3) is 4.40. The average molecular weight is 388 g/mol. The molecule has 0 aliphatic heterocycles. The summed E-state index contributed by atoms with van der Waals surface area (Å²) in [5.41, 5.74) is 0.270. The standard InChI is InChI=1S/C19H27Cl2NO3/c1-11-13(6-8-19(3,4)18(21)15(11)20)10-25-17-14(24-5)7-9-22-16(17)12(2)23/h7,9,11,13,15,18H,6,8,10H2,1-5H3/t11?,13-,15?,18?/m1/s1. The Labute approximate surface area is 160 Å². The zero-order valence-corrected chi connectivity index (χ0v) is 17.0. The molecule has 1 fully saturated rings. The maximum Gasteiger partial charge on any atom is 0.190 e. The van der Waals surface area contributed by atoms with E-state index in [9.17, 15) is 4.79 Å². The zero-order valence-electron chi connectivity index (χ0n) is 15.5. The number of carbonyl (C=O) groups is 1. The Morgan fingerprint density at radius 2 is 2.08 bits per heavy atom. The van der Waals surface area contributed by atoms with Crippen LogP contribution in [0.25, 0.3) is 0 Å². The van der Waals surface area contributed by atoms with Crippen molar-refractivity contribution in [3.63, 3.8) is 0 Å². The lowest BCUT2D eigenvalue weighted by atomic mass is 9.84. The first kappa shape index (κ1) is 20.3. The molecule has 140 valence electrons. The molecule has 1 aromatic rings. The molecule has 3 unspecified atom stereocenters. The minimum Gasteiger partial charge on any atom is -0.493 e. The molecule has 0 spiro atoms. The summed E-state index contributed by atoms with van der Waals surface area (Å²) in [4.78, 5) is 16.0. The predicted octanol–water partition coefficient (Wildman–Crippen LogP) is 4.96. The van der Waals surface area contributed by atoms with Gasteiger partial charge in [0.2, 0.25) is 0 Å². The molecule has 25 heavy (non-hydrogen) atoms. The van der Waals surface area contributed by atoms with Crippen LogP contribution in [0.5, 0.6) is 11.5 Å². The topological polar surface area (TPSA) is 48.4 Å². The van der Waals surface area contributed by atoms with Crippen molar-refractivity contribution in [2.45, 2.75) is 51.3 Å². The van der Waals surface area contributed by atoms with E-state index in [4.69, 9.17) is 32.7 Å². The van der Waals surface area contributed by atoms with Crippen LogP contribution < -0.4 is 9.47 Å². The molecule has 0 saturated heterocycles. The highest BCUT2D eigenvalue weighted by molar-refractivity contribution is 6.30. The first-order chi connectivity index (χ1) is 11.7. The number of pyridine rings is 1. The lowest BCUT2D eigenvalue weighted by Gasteiger charge is -2.32. The molecule has 1 aliphatic rings. The van der Waals surface area contributed by atoms with E-state index in [1.54, 1.807) is 19.4 Å². The summed E-state index contributed by atoms with van der Waals surface area (Å²) in [6.07, 6.45) is 3.50. The fraction of sp³-hybridized carbons (Fsp3) is 0.684. The van der Waals surface area contributed by atoms with E-state index in [1.807, 2.05) is 0 Å². The number of nitrogens with zero attached hydrogens (tertiary/aromatic N) is 1. The van der Waals surface area contributed by atoms with Crippen LogP contribution in [0.15, 0.2) is 12.3 Å². The second-order valence-corrected chi connectivity index (χ2v) is 8.52. The van der Waals surface area contributed by atoms with E-state index in [1.165, 1.54) is 6.92 Å². The second-order valence-electron chi connectivity index (χ2n) is 7.55. The fourth-order valence-corrected chi connectivity index (χ4v) is 4.21. The Hall–Kier alpha value is -1.000. The van der Waals surface area contributed by atoms with Gasteiger partial charge in [0, 0.05) is 19.2 Å². The maximum absolute atomic E-state index is 11.8. The molecule has 4 nitrogen and oxygen atoms in total. The van der Waals surface area contributed by atoms with E-state index in [-0.39, 0.29) is 33.8 Å². The third-order valence-electron chi connectivity index (χ3n) is 5.30. The van der Waals surface area contributed by atoms with Crippen molar-refractivity contribution in [2.75, 3.05) is 13.7 Å². The molecule has 1 aliphatic carbocycles. The zero-order chi connectivity index (χ0) is 18.8. The molecule has 1 aromatic heterocycles. The van der Waals surface area contributed by atoms with Gasteiger partial charge >= 0.3 is 0 Å². The quantitative estimate of drug-likeness (QED) is 0.407. The summed E-state index contributed by atoms with van der Waals surface area (Å²) in [7, 11) is 1.55.